The highest BCUT2D eigenvalue weighted by atomic mass is 32.2. The molecule has 1 aliphatic rings. The first-order valence-corrected chi connectivity index (χ1v) is 18.0. The first kappa shape index (κ1) is 36.5. The molecule has 13 nitrogen and oxygen atoms in total. The number of carboxylic acids is 2. The lowest BCUT2D eigenvalue weighted by molar-refractivity contribution is -0.148. The van der Waals surface area contributed by atoms with Crippen LogP contribution in [0.4, 0.5) is 0 Å². The summed E-state index contributed by atoms with van der Waals surface area (Å²) in [6.07, 6.45) is -0.572. The molecule has 0 aliphatic carbocycles. The van der Waals surface area contributed by atoms with Gasteiger partial charge in [0.2, 0.25) is 15.9 Å². The lowest BCUT2D eigenvalue weighted by atomic mass is 9.69. The van der Waals surface area contributed by atoms with Crippen LogP contribution < -0.4 is 10.1 Å². The molecule has 1 aliphatic heterocycles. The maximum Gasteiger partial charge on any atom is 0.326 e. The van der Waals surface area contributed by atoms with Crippen molar-refractivity contribution in [3.05, 3.63) is 82.4 Å². The van der Waals surface area contributed by atoms with Gasteiger partial charge in [-0.25, -0.2) is 17.9 Å². The van der Waals surface area contributed by atoms with Gasteiger partial charge in [-0.3, -0.25) is 9.59 Å². The fourth-order valence-corrected chi connectivity index (χ4v) is 8.17. The van der Waals surface area contributed by atoms with Gasteiger partial charge in [-0.05, 0) is 73.2 Å². The first-order chi connectivity index (χ1) is 23.6. The van der Waals surface area contributed by atoms with Crippen LogP contribution in [0.25, 0.3) is 11.0 Å². The van der Waals surface area contributed by atoms with Crippen LogP contribution in [0.5, 0.6) is 5.75 Å². The number of benzene rings is 3. The summed E-state index contributed by atoms with van der Waals surface area (Å²) in [6, 6.07) is 14.4. The molecule has 50 heavy (non-hydrogen) atoms. The van der Waals surface area contributed by atoms with Crippen LogP contribution in [0.2, 0.25) is 0 Å². The molecule has 0 bridgehead atoms. The number of carbonyl (C=O) groups is 3. The predicted molar refractivity (Wildman–Crippen MR) is 185 cm³/mol. The van der Waals surface area contributed by atoms with Gasteiger partial charge in [0, 0.05) is 19.0 Å². The Labute approximate surface area is 291 Å². The number of aromatic nitrogens is 3. The fourth-order valence-electron chi connectivity index (χ4n) is 6.60. The Morgan fingerprint density at radius 1 is 1.06 bits per heavy atom. The molecular weight excluding hydrogens is 662 g/mol. The summed E-state index contributed by atoms with van der Waals surface area (Å²) < 4.78 is 37.3. The third-order valence-electron chi connectivity index (χ3n) is 9.56. The van der Waals surface area contributed by atoms with E-state index in [4.69, 9.17) is 4.74 Å². The lowest BCUT2D eigenvalue weighted by Gasteiger charge is -2.36. The van der Waals surface area contributed by atoms with Crippen molar-refractivity contribution in [3.8, 4) is 5.75 Å². The number of rotatable bonds is 12. The largest absolute Gasteiger partial charge is 0.488 e. The van der Waals surface area contributed by atoms with Gasteiger partial charge in [0.15, 0.2) is 0 Å². The average molecular weight is 706 g/mol. The molecule has 1 amide bonds. The zero-order valence-electron chi connectivity index (χ0n) is 29.0. The highest BCUT2D eigenvalue weighted by Gasteiger charge is 2.42. The third-order valence-corrected chi connectivity index (χ3v) is 11.4. The molecule has 3 aromatic carbocycles. The number of aliphatic carboxylic acids is 2. The summed E-state index contributed by atoms with van der Waals surface area (Å²) >= 11 is 0. The van der Waals surface area contributed by atoms with Crippen LogP contribution >= 0.6 is 0 Å². The van der Waals surface area contributed by atoms with Crippen LogP contribution in [-0.4, -0.2) is 74.5 Å². The van der Waals surface area contributed by atoms with Gasteiger partial charge in [0.25, 0.3) is 0 Å². The molecule has 3 N–H and O–H groups in total. The minimum Gasteiger partial charge on any atom is -0.488 e. The van der Waals surface area contributed by atoms with Gasteiger partial charge in [-0.15, -0.1) is 5.10 Å². The molecule has 0 radical (unpaired) electrons. The van der Waals surface area contributed by atoms with Crippen molar-refractivity contribution in [1.82, 2.24) is 24.6 Å². The number of aryl methyl sites for hydroxylation is 3. The summed E-state index contributed by atoms with van der Waals surface area (Å²) in [5, 5.41) is 30.2. The minimum absolute atomic E-state index is 0.0398. The van der Waals surface area contributed by atoms with Crippen LogP contribution in [-0.2, 0) is 37.5 Å². The Morgan fingerprint density at radius 3 is 2.44 bits per heavy atom. The normalized spacial score (nSPS) is 17.3. The number of ether oxygens (including phenoxy) is 1. The number of hydrogen-bond acceptors (Lipinski definition) is 8. The van der Waals surface area contributed by atoms with Gasteiger partial charge >= 0.3 is 11.9 Å². The molecule has 0 spiro atoms. The smallest absolute Gasteiger partial charge is 0.326 e. The van der Waals surface area contributed by atoms with Crippen LogP contribution in [0, 0.1) is 19.3 Å². The Kier molecular flexibility index (Phi) is 10.4. The van der Waals surface area contributed by atoms with Crippen molar-refractivity contribution < 1.29 is 37.8 Å². The number of para-hydroxylation sites is 1. The molecule has 14 heteroatoms. The van der Waals surface area contributed by atoms with Gasteiger partial charge < -0.3 is 20.3 Å². The Bertz CT molecular complexity index is 2060. The summed E-state index contributed by atoms with van der Waals surface area (Å²) in [4.78, 5) is 37.5. The van der Waals surface area contributed by atoms with Crippen molar-refractivity contribution in [1.29, 1.82) is 0 Å². The highest BCUT2D eigenvalue weighted by molar-refractivity contribution is 7.89. The van der Waals surface area contributed by atoms with E-state index in [0.29, 0.717) is 35.4 Å². The Hall–Kier alpha value is -4.82. The van der Waals surface area contributed by atoms with E-state index in [0.717, 1.165) is 22.2 Å². The summed E-state index contributed by atoms with van der Waals surface area (Å²) in [5.41, 5.74) is 3.84. The molecule has 0 fully saturated rings. The number of nitrogens with zero attached hydrogens (tertiary/aromatic N) is 4. The molecule has 266 valence electrons. The topological polar surface area (TPSA) is 181 Å². The summed E-state index contributed by atoms with van der Waals surface area (Å²) in [6.45, 7) is 11.8. The Balaban J connectivity index is 1.63. The second kappa shape index (κ2) is 14.2. The highest BCUT2D eigenvalue weighted by Crippen LogP contribution is 2.44. The molecule has 1 aromatic heterocycles. The monoisotopic (exact) mass is 705 g/mol. The van der Waals surface area contributed by atoms with Crippen molar-refractivity contribution >= 4 is 38.9 Å². The standard InChI is InChI=1S/C36H43N5O8S/c1-7-25-20-40(50(47,48)30-12-10-9-11-29(30)49-25)19-24-17-23(14-13-21(24)3)32(26-15-16-28-33(22(26)4)38-39-41(28)8-2)36(5,6)35(46)37-27(34(44)45)18-31(42)43/h9-17,25,27,32H,7-8,18-20H2,1-6H3,(H,37,46)(H,42,43)(H,44,45)/t25-,27?,32+/m1/s1. The van der Waals surface area contributed by atoms with Crippen molar-refractivity contribution in [2.75, 3.05) is 6.54 Å². The van der Waals surface area contributed by atoms with Gasteiger partial charge in [-0.2, -0.15) is 4.31 Å². The first-order valence-electron chi connectivity index (χ1n) is 16.5. The minimum atomic E-state index is -3.94. The fraction of sp³-hybridized carbons (Fsp3) is 0.417. The number of fused-ring (bicyclic) bond motifs is 2. The van der Waals surface area contributed by atoms with Gasteiger partial charge in [0.1, 0.15) is 28.3 Å². The number of amides is 1. The number of carbonyl (C=O) groups excluding carboxylic acids is 1. The maximum absolute atomic E-state index is 14.1. The predicted octanol–water partition coefficient (Wildman–Crippen LogP) is 4.63. The van der Waals surface area contributed by atoms with E-state index in [1.807, 2.05) is 58.0 Å². The zero-order valence-corrected chi connectivity index (χ0v) is 29.8. The van der Waals surface area contributed by atoms with Crippen LogP contribution in [0.3, 0.4) is 0 Å². The van der Waals surface area contributed by atoms with E-state index in [2.05, 4.69) is 15.6 Å². The van der Waals surface area contributed by atoms with Gasteiger partial charge in [0.05, 0.1) is 23.9 Å². The maximum atomic E-state index is 14.1. The van der Waals surface area contributed by atoms with E-state index in [9.17, 15) is 33.0 Å². The average Bonchev–Trinajstić information content (AvgIpc) is 3.45. The number of carboxylic acid groups (broad SMARTS) is 2. The van der Waals surface area contributed by atoms with E-state index in [-0.39, 0.29) is 24.1 Å². The molecule has 5 rings (SSSR count). The van der Waals surface area contributed by atoms with E-state index in [1.54, 1.807) is 42.8 Å². The van der Waals surface area contributed by atoms with Crippen molar-refractivity contribution in [3.63, 3.8) is 0 Å². The van der Waals surface area contributed by atoms with Crippen molar-refractivity contribution in [2.24, 2.45) is 5.41 Å². The van der Waals surface area contributed by atoms with Crippen LogP contribution in [0.1, 0.15) is 74.3 Å². The molecule has 0 saturated heterocycles. The summed E-state index contributed by atoms with van der Waals surface area (Å²) in [7, 11) is -3.94. The number of hydrogen-bond donors (Lipinski definition) is 3. The molecule has 3 atom stereocenters. The van der Waals surface area contributed by atoms with E-state index in [1.165, 1.54) is 4.31 Å². The molecule has 1 unspecified atom stereocenters. The second-order valence-electron chi connectivity index (χ2n) is 13.2. The van der Waals surface area contributed by atoms with E-state index >= 15 is 0 Å². The third kappa shape index (κ3) is 6.94. The molecule has 2 heterocycles. The van der Waals surface area contributed by atoms with Gasteiger partial charge in [-0.1, -0.05) is 62.4 Å². The van der Waals surface area contributed by atoms with Crippen LogP contribution in [0.15, 0.2) is 59.5 Å². The van der Waals surface area contributed by atoms with Crippen molar-refractivity contribution in [2.45, 2.75) is 90.4 Å². The van der Waals surface area contributed by atoms with E-state index < -0.39 is 51.7 Å². The lowest BCUT2D eigenvalue weighted by Crippen LogP contribution is -2.49. The quantitative estimate of drug-likeness (QED) is 0.188. The molecule has 4 aromatic rings. The number of nitrogens with one attached hydrogen (secondary N) is 1. The molecule has 0 saturated carbocycles. The number of sulfonamides is 1. The second-order valence-corrected chi connectivity index (χ2v) is 15.2. The molecular formula is C36H43N5O8S. The zero-order chi connectivity index (χ0) is 36.5. The summed E-state index contributed by atoms with van der Waals surface area (Å²) in [5.74, 6) is -3.88. The SMILES string of the molecule is CC[C@@H]1CN(Cc2cc([C@@H](c3ccc4c(nnn4CC)c3C)C(C)(C)C(=O)NC(CC(=O)O)C(=O)O)ccc2C)S(=O)(=O)c2ccccc2O1. The Morgan fingerprint density at radius 2 is 1.78 bits per heavy atom.